The molecule has 1 aliphatic heterocycles. The Kier molecular flexibility index (Phi) is 4.97. The zero-order valence-electron chi connectivity index (χ0n) is 12.2. The Balaban J connectivity index is 1.49. The second kappa shape index (κ2) is 7.13. The molecule has 0 unspecified atom stereocenters. The van der Waals surface area contributed by atoms with Crippen LogP contribution in [0.25, 0.3) is 0 Å². The van der Waals surface area contributed by atoms with E-state index in [1.807, 2.05) is 17.0 Å². The van der Waals surface area contributed by atoms with E-state index in [0.717, 1.165) is 38.4 Å². The van der Waals surface area contributed by atoms with Crippen LogP contribution in [-0.4, -0.2) is 42.0 Å². The van der Waals surface area contributed by atoms with Crippen molar-refractivity contribution in [1.82, 2.24) is 9.80 Å². The fourth-order valence-electron chi connectivity index (χ4n) is 2.52. The lowest BCUT2D eigenvalue weighted by atomic mass is 10.2. The van der Waals surface area contributed by atoms with Crippen molar-refractivity contribution in [2.24, 2.45) is 0 Å². The topological polar surface area (TPSA) is 35.6 Å². The van der Waals surface area contributed by atoms with Crippen molar-refractivity contribution < 1.29 is 4.79 Å². The third kappa shape index (κ3) is 4.00. The number of piperazine rings is 1. The van der Waals surface area contributed by atoms with Crippen LogP contribution in [0.4, 0.5) is 10.5 Å². The molecule has 1 fully saturated rings. The maximum Gasteiger partial charge on any atom is 0.321 e. The lowest BCUT2D eigenvalue weighted by molar-refractivity contribution is 0.143. The number of carbonyl (C=O) groups is 1. The van der Waals surface area contributed by atoms with Gasteiger partial charge in [0.1, 0.15) is 0 Å². The fraction of sp³-hybridized carbons (Fsp3) is 0.312. The fourth-order valence-corrected chi connectivity index (χ4v) is 3.37. The Bertz CT molecular complexity index is 624. The summed E-state index contributed by atoms with van der Waals surface area (Å²) in [5.74, 6) is 0. The van der Waals surface area contributed by atoms with Crippen LogP contribution in [-0.2, 0) is 6.54 Å². The van der Waals surface area contributed by atoms with E-state index in [1.54, 1.807) is 23.5 Å². The average molecular weight is 336 g/mol. The summed E-state index contributed by atoms with van der Waals surface area (Å²) < 4.78 is 0. The van der Waals surface area contributed by atoms with Gasteiger partial charge in [0.05, 0.1) is 0 Å². The molecule has 1 aromatic carbocycles. The van der Waals surface area contributed by atoms with Crippen molar-refractivity contribution >= 4 is 34.7 Å². The van der Waals surface area contributed by atoms with Crippen LogP contribution in [0.3, 0.4) is 0 Å². The van der Waals surface area contributed by atoms with Gasteiger partial charge in [-0.25, -0.2) is 4.79 Å². The third-order valence-electron chi connectivity index (χ3n) is 3.72. The predicted molar refractivity (Wildman–Crippen MR) is 91.6 cm³/mol. The molecule has 22 heavy (non-hydrogen) atoms. The molecule has 1 aromatic heterocycles. The highest BCUT2D eigenvalue weighted by molar-refractivity contribution is 7.07. The van der Waals surface area contributed by atoms with Crippen molar-refractivity contribution in [2.75, 3.05) is 31.5 Å². The van der Waals surface area contributed by atoms with Gasteiger partial charge in [0.25, 0.3) is 0 Å². The largest absolute Gasteiger partial charge is 0.322 e. The number of amides is 2. The summed E-state index contributed by atoms with van der Waals surface area (Å²) in [5.41, 5.74) is 2.08. The molecule has 0 saturated carbocycles. The van der Waals surface area contributed by atoms with E-state index >= 15 is 0 Å². The van der Waals surface area contributed by atoms with E-state index in [0.29, 0.717) is 5.02 Å². The minimum absolute atomic E-state index is 0.0579. The molecule has 2 amide bonds. The second-order valence-corrected chi connectivity index (χ2v) is 6.55. The standard InChI is InChI=1S/C16H18ClN3OS/c17-14-2-1-3-15(10-14)18-16(21)20-7-5-19(6-8-20)11-13-4-9-22-12-13/h1-4,9-10,12H,5-8,11H2,(H,18,21). The van der Waals surface area contributed by atoms with Crippen LogP contribution in [0.1, 0.15) is 5.56 Å². The van der Waals surface area contributed by atoms with Gasteiger partial charge in [-0.15, -0.1) is 0 Å². The number of rotatable bonds is 3. The number of carbonyl (C=O) groups excluding carboxylic acids is 1. The van der Waals surface area contributed by atoms with Crippen LogP contribution in [0, 0.1) is 0 Å². The third-order valence-corrected chi connectivity index (χ3v) is 4.69. The first-order chi connectivity index (χ1) is 10.7. The van der Waals surface area contributed by atoms with E-state index in [4.69, 9.17) is 11.6 Å². The molecule has 0 spiro atoms. The Morgan fingerprint density at radius 3 is 2.73 bits per heavy atom. The maximum atomic E-state index is 12.3. The summed E-state index contributed by atoms with van der Waals surface area (Å²) in [6.07, 6.45) is 0. The molecule has 2 heterocycles. The minimum atomic E-state index is -0.0579. The normalized spacial score (nSPS) is 15.8. The van der Waals surface area contributed by atoms with E-state index in [1.165, 1.54) is 5.56 Å². The van der Waals surface area contributed by atoms with Crippen molar-refractivity contribution in [3.8, 4) is 0 Å². The van der Waals surface area contributed by atoms with Crippen LogP contribution < -0.4 is 5.32 Å². The molecule has 1 saturated heterocycles. The first-order valence-corrected chi connectivity index (χ1v) is 8.58. The molecule has 0 radical (unpaired) electrons. The minimum Gasteiger partial charge on any atom is -0.322 e. The number of nitrogens with one attached hydrogen (secondary N) is 1. The van der Waals surface area contributed by atoms with Gasteiger partial charge in [0.15, 0.2) is 0 Å². The Morgan fingerprint density at radius 2 is 2.05 bits per heavy atom. The highest BCUT2D eigenvalue weighted by atomic mass is 35.5. The lowest BCUT2D eigenvalue weighted by Gasteiger charge is -2.34. The Labute approximate surface area is 139 Å². The highest BCUT2D eigenvalue weighted by Crippen LogP contribution is 2.16. The molecule has 0 aliphatic carbocycles. The first-order valence-electron chi connectivity index (χ1n) is 7.25. The SMILES string of the molecule is O=C(Nc1cccc(Cl)c1)N1CCN(Cc2ccsc2)CC1. The van der Waals surface area contributed by atoms with Crippen molar-refractivity contribution in [2.45, 2.75) is 6.54 Å². The summed E-state index contributed by atoms with van der Waals surface area (Å²) in [6.45, 7) is 4.26. The number of urea groups is 1. The molecule has 1 aliphatic rings. The van der Waals surface area contributed by atoms with Gasteiger partial charge >= 0.3 is 6.03 Å². The summed E-state index contributed by atoms with van der Waals surface area (Å²) >= 11 is 7.65. The molecule has 0 atom stereocenters. The van der Waals surface area contributed by atoms with Gasteiger partial charge < -0.3 is 10.2 Å². The molecular weight excluding hydrogens is 318 g/mol. The number of hydrogen-bond acceptors (Lipinski definition) is 3. The maximum absolute atomic E-state index is 12.3. The summed E-state index contributed by atoms with van der Waals surface area (Å²) in [5, 5.41) is 7.80. The van der Waals surface area contributed by atoms with Gasteiger partial charge in [0.2, 0.25) is 0 Å². The predicted octanol–water partition coefficient (Wildman–Crippen LogP) is 3.75. The molecule has 1 N–H and O–H groups in total. The smallest absolute Gasteiger partial charge is 0.321 e. The van der Waals surface area contributed by atoms with Crippen LogP contribution >= 0.6 is 22.9 Å². The van der Waals surface area contributed by atoms with Crippen molar-refractivity contribution in [3.05, 3.63) is 51.7 Å². The van der Waals surface area contributed by atoms with E-state index in [2.05, 4.69) is 27.0 Å². The number of benzene rings is 1. The average Bonchev–Trinajstić information content (AvgIpc) is 3.01. The first kappa shape index (κ1) is 15.3. The van der Waals surface area contributed by atoms with Crippen LogP contribution in [0.5, 0.6) is 0 Å². The zero-order valence-corrected chi connectivity index (χ0v) is 13.7. The monoisotopic (exact) mass is 335 g/mol. The number of halogens is 1. The van der Waals surface area contributed by atoms with E-state index in [-0.39, 0.29) is 6.03 Å². The second-order valence-electron chi connectivity index (χ2n) is 5.34. The van der Waals surface area contributed by atoms with Gasteiger partial charge in [-0.1, -0.05) is 17.7 Å². The van der Waals surface area contributed by atoms with Crippen LogP contribution in [0.2, 0.25) is 5.02 Å². The summed E-state index contributed by atoms with van der Waals surface area (Å²) in [4.78, 5) is 16.5. The van der Waals surface area contributed by atoms with Gasteiger partial charge in [-0.3, -0.25) is 4.90 Å². The molecule has 3 rings (SSSR count). The van der Waals surface area contributed by atoms with Crippen molar-refractivity contribution in [1.29, 1.82) is 0 Å². The zero-order chi connectivity index (χ0) is 15.4. The molecule has 116 valence electrons. The molecule has 2 aromatic rings. The Morgan fingerprint density at radius 1 is 1.23 bits per heavy atom. The highest BCUT2D eigenvalue weighted by Gasteiger charge is 2.21. The molecule has 4 nitrogen and oxygen atoms in total. The van der Waals surface area contributed by atoms with E-state index < -0.39 is 0 Å². The number of thiophene rings is 1. The molecule has 0 bridgehead atoms. The van der Waals surface area contributed by atoms with E-state index in [9.17, 15) is 4.79 Å². The summed E-state index contributed by atoms with van der Waals surface area (Å²) in [7, 11) is 0. The quantitative estimate of drug-likeness (QED) is 0.927. The number of hydrogen-bond donors (Lipinski definition) is 1. The van der Waals surface area contributed by atoms with Crippen LogP contribution in [0.15, 0.2) is 41.1 Å². The summed E-state index contributed by atoms with van der Waals surface area (Å²) in [6, 6.07) is 9.32. The Hall–Kier alpha value is -1.56. The lowest BCUT2D eigenvalue weighted by Crippen LogP contribution is -2.49. The van der Waals surface area contributed by atoms with Crippen molar-refractivity contribution in [3.63, 3.8) is 0 Å². The van der Waals surface area contributed by atoms with Gasteiger partial charge in [-0.2, -0.15) is 11.3 Å². The number of nitrogens with zero attached hydrogens (tertiary/aromatic N) is 2. The molecule has 6 heteroatoms. The van der Waals surface area contributed by atoms with Gasteiger partial charge in [-0.05, 0) is 40.6 Å². The molecular formula is C16H18ClN3OS. The van der Waals surface area contributed by atoms with Gasteiger partial charge in [0, 0.05) is 43.4 Å². The number of anilines is 1.